The lowest BCUT2D eigenvalue weighted by Crippen LogP contribution is -2.12. The van der Waals surface area contributed by atoms with Crippen molar-refractivity contribution in [2.24, 2.45) is 0 Å². The van der Waals surface area contributed by atoms with E-state index in [1.165, 1.54) is 27.8 Å². The van der Waals surface area contributed by atoms with Gasteiger partial charge >= 0.3 is 0 Å². The first-order valence-corrected chi connectivity index (χ1v) is 9.86. The number of thioether (sulfide) groups is 1. The molecule has 3 rings (SSSR count). The highest BCUT2D eigenvalue weighted by molar-refractivity contribution is 7.98. The van der Waals surface area contributed by atoms with E-state index in [4.69, 9.17) is 4.42 Å². The lowest BCUT2D eigenvalue weighted by atomic mass is 9.84. The SMILES string of the molecule is Cc1cccc(-c2nnc(SCc3c(C)cc(C(C)(C)C)cc3C)o2)c1. The fraction of sp³-hybridized carbons (Fsp3) is 0.364. The van der Waals surface area contributed by atoms with Crippen LogP contribution in [0, 0.1) is 20.8 Å². The van der Waals surface area contributed by atoms with Crippen LogP contribution < -0.4 is 0 Å². The summed E-state index contributed by atoms with van der Waals surface area (Å²) < 4.78 is 5.84. The molecule has 0 saturated carbocycles. The lowest BCUT2D eigenvalue weighted by Gasteiger charge is -2.22. The van der Waals surface area contributed by atoms with Crippen LogP contribution in [0.5, 0.6) is 0 Å². The molecule has 0 bridgehead atoms. The first-order chi connectivity index (χ1) is 12.2. The van der Waals surface area contributed by atoms with E-state index in [1.807, 2.05) is 12.1 Å². The summed E-state index contributed by atoms with van der Waals surface area (Å²) in [5, 5.41) is 9.00. The van der Waals surface area contributed by atoms with E-state index in [-0.39, 0.29) is 5.41 Å². The Kier molecular flexibility index (Phi) is 5.24. The van der Waals surface area contributed by atoms with Crippen LogP contribution in [0.3, 0.4) is 0 Å². The molecule has 0 unspecified atom stereocenters. The standard InChI is InChI=1S/C22H26N2OS/c1-14-8-7-9-17(10-14)20-23-24-21(25-20)26-13-19-15(2)11-18(12-16(19)3)22(4,5)6/h7-12H,13H2,1-6H3. The third-order valence-electron chi connectivity index (χ3n) is 4.57. The predicted molar refractivity (Wildman–Crippen MR) is 109 cm³/mol. The molecule has 0 saturated heterocycles. The Balaban J connectivity index is 1.76. The summed E-state index contributed by atoms with van der Waals surface area (Å²) in [7, 11) is 0. The molecule has 0 radical (unpaired) electrons. The number of aryl methyl sites for hydroxylation is 3. The summed E-state index contributed by atoms with van der Waals surface area (Å²) in [6.07, 6.45) is 0. The van der Waals surface area contributed by atoms with Crippen LogP contribution in [-0.4, -0.2) is 10.2 Å². The number of benzene rings is 2. The zero-order valence-corrected chi connectivity index (χ0v) is 17.2. The van der Waals surface area contributed by atoms with E-state index in [1.54, 1.807) is 11.8 Å². The van der Waals surface area contributed by atoms with Crippen molar-refractivity contribution in [3.05, 3.63) is 64.2 Å². The quantitative estimate of drug-likeness (QED) is 0.511. The van der Waals surface area contributed by atoms with Crippen LogP contribution in [0.25, 0.3) is 11.5 Å². The summed E-state index contributed by atoms with van der Waals surface area (Å²) in [4.78, 5) is 0. The summed E-state index contributed by atoms with van der Waals surface area (Å²) in [6.45, 7) is 13.2. The highest BCUT2D eigenvalue weighted by Gasteiger charge is 2.17. The molecule has 0 fully saturated rings. The summed E-state index contributed by atoms with van der Waals surface area (Å²) in [6, 6.07) is 12.7. The zero-order valence-electron chi connectivity index (χ0n) is 16.4. The first kappa shape index (κ1) is 18.7. The Morgan fingerprint density at radius 2 is 1.65 bits per heavy atom. The molecule has 26 heavy (non-hydrogen) atoms. The molecule has 1 heterocycles. The molecule has 136 valence electrons. The molecule has 4 heteroatoms. The maximum absolute atomic E-state index is 5.84. The Labute approximate surface area is 160 Å². The second-order valence-corrected chi connectivity index (χ2v) is 8.80. The van der Waals surface area contributed by atoms with Crippen LogP contribution in [-0.2, 0) is 11.2 Å². The molecule has 1 aromatic heterocycles. The van der Waals surface area contributed by atoms with Gasteiger partial charge in [-0.2, -0.15) is 0 Å². The minimum absolute atomic E-state index is 0.163. The second-order valence-electron chi connectivity index (χ2n) is 7.87. The Morgan fingerprint density at radius 1 is 0.962 bits per heavy atom. The summed E-state index contributed by atoms with van der Waals surface area (Å²) >= 11 is 1.59. The van der Waals surface area contributed by atoms with Gasteiger partial charge < -0.3 is 4.42 Å². The Morgan fingerprint density at radius 3 is 2.27 bits per heavy atom. The van der Waals surface area contributed by atoms with E-state index in [0.717, 1.165) is 11.3 Å². The molecule has 0 spiro atoms. The molecule has 0 atom stereocenters. The number of aromatic nitrogens is 2. The monoisotopic (exact) mass is 366 g/mol. The van der Waals surface area contributed by atoms with Crippen LogP contribution in [0.15, 0.2) is 46.0 Å². The lowest BCUT2D eigenvalue weighted by molar-refractivity contribution is 0.466. The highest BCUT2D eigenvalue weighted by Crippen LogP contribution is 2.31. The molecule has 0 aliphatic carbocycles. The van der Waals surface area contributed by atoms with E-state index >= 15 is 0 Å². The smallest absolute Gasteiger partial charge is 0.277 e. The zero-order chi connectivity index (χ0) is 18.9. The van der Waals surface area contributed by atoms with Gasteiger partial charge in [0.1, 0.15) is 0 Å². The van der Waals surface area contributed by atoms with Crippen molar-refractivity contribution < 1.29 is 4.42 Å². The number of nitrogens with zero attached hydrogens (tertiary/aromatic N) is 2. The van der Waals surface area contributed by atoms with Crippen molar-refractivity contribution in [1.82, 2.24) is 10.2 Å². The van der Waals surface area contributed by atoms with Gasteiger partial charge in [0.2, 0.25) is 5.89 Å². The Hall–Kier alpha value is -2.07. The third-order valence-corrected chi connectivity index (χ3v) is 5.42. The van der Waals surface area contributed by atoms with Gasteiger partial charge in [-0.1, -0.05) is 62.4 Å². The largest absolute Gasteiger partial charge is 0.411 e. The first-order valence-electron chi connectivity index (χ1n) is 8.88. The van der Waals surface area contributed by atoms with Crippen molar-refractivity contribution in [1.29, 1.82) is 0 Å². The third kappa shape index (κ3) is 4.18. The van der Waals surface area contributed by atoms with Gasteiger partial charge in [-0.05, 0) is 60.6 Å². The van der Waals surface area contributed by atoms with E-state index in [2.05, 4.69) is 76.0 Å². The van der Waals surface area contributed by atoms with Crippen LogP contribution in [0.1, 0.15) is 48.6 Å². The van der Waals surface area contributed by atoms with Crippen LogP contribution in [0.2, 0.25) is 0 Å². The van der Waals surface area contributed by atoms with Crippen molar-refractivity contribution in [3.63, 3.8) is 0 Å². The van der Waals surface area contributed by atoms with Gasteiger partial charge in [-0.15, -0.1) is 10.2 Å². The summed E-state index contributed by atoms with van der Waals surface area (Å²) in [5.74, 6) is 1.41. The van der Waals surface area contributed by atoms with Crippen LogP contribution in [0.4, 0.5) is 0 Å². The van der Waals surface area contributed by atoms with Crippen molar-refractivity contribution in [2.75, 3.05) is 0 Å². The number of hydrogen-bond acceptors (Lipinski definition) is 4. The Bertz CT molecular complexity index is 899. The average molecular weight is 367 g/mol. The molecule has 0 aliphatic rings. The molecular weight excluding hydrogens is 340 g/mol. The van der Waals surface area contributed by atoms with Gasteiger partial charge in [0, 0.05) is 11.3 Å². The molecule has 0 amide bonds. The van der Waals surface area contributed by atoms with Gasteiger partial charge in [0.25, 0.3) is 5.22 Å². The number of rotatable bonds is 4. The van der Waals surface area contributed by atoms with E-state index < -0.39 is 0 Å². The van der Waals surface area contributed by atoms with Crippen LogP contribution >= 0.6 is 11.8 Å². The van der Waals surface area contributed by atoms with Crippen molar-refractivity contribution in [2.45, 2.75) is 57.9 Å². The fourth-order valence-electron chi connectivity index (χ4n) is 2.95. The minimum Gasteiger partial charge on any atom is -0.411 e. The molecule has 3 nitrogen and oxygen atoms in total. The van der Waals surface area contributed by atoms with Gasteiger partial charge in [0.05, 0.1) is 0 Å². The highest BCUT2D eigenvalue weighted by atomic mass is 32.2. The summed E-state index contributed by atoms with van der Waals surface area (Å²) in [5.41, 5.74) is 7.67. The second kappa shape index (κ2) is 7.28. The normalized spacial score (nSPS) is 11.8. The van der Waals surface area contributed by atoms with Crippen molar-refractivity contribution >= 4 is 11.8 Å². The molecule has 2 aromatic carbocycles. The van der Waals surface area contributed by atoms with Gasteiger partial charge in [0.15, 0.2) is 0 Å². The average Bonchev–Trinajstić information content (AvgIpc) is 3.02. The molecule has 0 aliphatic heterocycles. The molecular formula is C22H26N2OS. The molecule has 3 aromatic rings. The fourth-order valence-corrected chi connectivity index (χ4v) is 3.91. The topological polar surface area (TPSA) is 38.9 Å². The van der Waals surface area contributed by atoms with Gasteiger partial charge in [-0.3, -0.25) is 0 Å². The maximum atomic E-state index is 5.84. The predicted octanol–water partition coefficient (Wildman–Crippen LogP) is 6.25. The van der Waals surface area contributed by atoms with Crippen molar-refractivity contribution in [3.8, 4) is 11.5 Å². The molecule has 0 N–H and O–H groups in total. The maximum Gasteiger partial charge on any atom is 0.277 e. The van der Waals surface area contributed by atoms with E-state index in [9.17, 15) is 0 Å². The minimum atomic E-state index is 0.163. The number of hydrogen-bond donors (Lipinski definition) is 0. The van der Waals surface area contributed by atoms with E-state index in [0.29, 0.717) is 11.1 Å². The van der Waals surface area contributed by atoms with Gasteiger partial charge in [-0.25, -0.2) is 0 Å².